The zero-order valence-corrected chi connectivity index (χ0v) is 21.6. The van der Waals surface area contributed by atoms with Crippen molar-refractivity contribution in [3.8, 4) is 0 Å². The molecule has 1 fully saturated rings. The molecule has 4 heterocycles. The Morgan fingerprint density at radius 1 is 1.40 bits per heavy atom. The van der Waals surface area contributed by atoms with Crippen LogP contribution in [0.5, 0.6) is 0 Å². The number of fused-ring (bicyclic) bond motifs is 1. The van der Waals surface area contributed by atoms with E-state index in [4.69, 9.17) is 15.7 Å². The van der Waals surface area contributed by atoms with Crippen LogP contribution in [0.1, 0.15) is 5.69 Å². The summed E-state index contributed by atoms with van der Waals surface area (Å²) in [6.07, 6.45) is 0. The highest BCUT2D eigenvalue weighted by Crippen LogP contribution is 2.41. The number of halogens is 1. The van der Waals surface area contributed by atoms with Crippen LogP contribution in [0.2, 0.25) is 0 Å². The van der Waals surface area contributed by atoms with Gasteiger partial charge in [0.2, 0.25) is 0 Å². The number of carboxylic acids is 1. The van der Waals surface area contributed by atoms with E-state index in [0.717, 1.165) is 11.3 Å². The lowest BCUT2D eigenvalue weighted by atomic mass is 10.0. The molecule has 4 rings (SSSR count). The number of amides is 2. The number of aliphatic hydroxyl groups excluding tert-OH is 1. The van der Waals surface area contributed by atoms with Gasteiger partial charge in [0.05, 0.1) is 6.61 Å². The molecule has 2 aliphatic heterocycles. The minimum absolute atomic E-state index is 0. The summed E-state index contributed by atoms with van der Waals surface area (Å²) >= 11 is 5.14. The Morgan fingerprint density at radius 2 is 2.20 bits per heavy atom. The van der Waals surface area contributed by atoms with Crippen LogP contribution < -0.4 is 11.1 Å². The lowest BCUT2D eigenvalue weighted by Gasteiger charge is -2.49. The number of β-lactam (4-membered cyclic amide) rings is 1. The molecular formula is C17H18ClN7O6S4. The smallest absolute Gasteiger partial charge is 0.352 e. The molecule has 2 aliphatic rings. The number of hydrogen-bond acceptors (Lipinski definition) is 14. The summed E-state index contributed by atoms with van der Waals surface area (Å²) < 4.78 is 0.697. The zero-order chi connectivity index (χ0) is 24.2. The molecule has 2 unspecified atom stereocenters. The maximum absolute atomic E-state index is 12.9. The fourth-order valence-corrected chi connectivity index (χ4v) is 6.65. The van der Waals surface area contributed by atoms with Crippen molar-refractivity contribution < 1.29 is 29.4 Å². The predicted octanol–water partition coefficient (Wildman–Crippen LogP) is 0.242. The van der Waals surface area contributed by atoms with E-state index in [1.54, 1.807) is 5.51 Å². The van der Waals surface area contributed by atoms with Crippen molar-refractivity contribution in [1.82, 2.24) is 25.4 Å². The number of oxime groups is 1. The molecule has 0 aromatic carbocycles. The lowest BCUT2D eigenvalue weighted by Crippen LogP contribution is -2.71. The van der Waals surface area contributed by atoms with Gasteiger partial charge in [-0.05, 0) is 5.57 Å². The lowest BCUT2D eigenvalue weighted by molar-refractivity contribution is -0.150. The summed E-state index contributed by atoms with van der Waals surface area (Å²) in [7, 11) is 0. The fraction of sp³-hybridized carbons (Fsp3) is 0.353. The first-order chi connectivity index (χ1) is 16.4. The summed E-state index contributed by atoms with van der Waals surface area (Å²) in [5, 5.41) is 33.8. The van der Waals surface area contributed by atoms with Crippen molar-refractivity contribution in [2.24, 2.45) is 5.16 Å². The number of nitrogens with one attached hydrogen (secondary N) is 1. The molecule has 2 amide bonds. The van der Waals surface area contributed by atoms with Crippen LogP contribution in [0, 0.1) is 0 Å². The van der Waals surface area contributed by atoms with E-state index >= 15 is 0 Å². The van der Waals surface area contributed by atoms with E-state index in [1.807, 2.05) is 0 Å². The summed E-state index contributed by atoms with van der Waals surface area (Å²) in [5.74, 6) is -1.78. The molecule has 35 heavy (non-hydrogen) atoms. The number of nitrogen functional groups attached to an aromatic ring is 1. The Hall–Kier alpha value is -2.44. The number of anilines is 1. The molecular weight excluding hydrogens is 562 g/mol. The van der Waals surface area contributed by atoms with Gasteiger partial charge in [-0.15, -0.1) is 45.7 Å². The quantitative estimate of drug-likeness (QED) is 0.0986. The van der Waals surface area contributed by atoms with E-state index < -0.39 is 29.2 Å². The van der Waals surface area contributed by atoms with E-state index in [-0.39, 0.29) is 47.9 Å². The van der Waals surface area contributed by atoms with Gasteiger partial charge in [0.25, 0.3) is 11.8 Å². The van der Waals surface area contributed by atoms with Crippen LogP contribution in [0.15, 0.2) is 31.7 Å². The average molecular weight is 580 g/mol. The predicted molar refractivity (Wildman–Crippen MR) is 134 cm³/mol. The molecule has 0 radical (unpaired) electrons. The van der Waals surface area contributed by atoms with Gasteiger partial charge >= 0.3 is 5.97 Å². The van der Waals surface area contributed by atoms with Gasteiger partial charge in [-0.3, -0.25) is 14.5 Å². The average Bonchev–Trinajstić information content (AvgIpc) is 3.49. The second-order valence-corrected chi connectivity index (χ2v) is 10.7. The molecule has 1 saturated heterocycles. The topological polar surface area (TPSA) is 193 Å². The largest absolute Gasteiger partial charge is 0.477 e. The summed E-state index contributed by atoms with van der Waals surface area (Å²) in [4.78, 5) is 47.9. The van der Waals surface area contributed by atoms with Gasteiger partial charge in [0.1, 0.15) is 34.9 Å². The number of rotatable bonds is 10. The molecule has 2 aromatic heterocycles. The van der Waals surface area contributed by atoms with Crippen LogP contribution in [0.25, 0.3) is 0 Å². The van der Waals surface area contributed by atoms with Crippen molar-refractivity contribution >= 4 is 87.2 Å². The molecule has 2 aromatic rings. The number of thioether (sulfide) groups is 2. The van der Waals surface area contributed by atoms with E-state index in [2.05, 4.69) is 25.7 Å². The van der Waals surface area contributed by atoms with Crippen LogP contribution in [-0.2, 0) is 19.2 Å². The van der Waals surface area contributed by atoms with Crippen molar-refractivity contribution in [3.05, 3.63) is 27.9 Å². The second kappa shape index (κ2) is 12.0. The first-order valence-electron chi connectivity index (χ1n) is 9.52. The first kappa shape index (κ1) is 27.2. The molecule has 2 atom stereocenters. The number of thiazole rings is 1. The number of aliphatic hydroxyl groups is 1. The number of aromatic nitrogens is 3. The number of carbonyl (C=O) groups is 3. The van der Waals surface area contributed by atoms with Crippen LogP contribution in [0.4, 0.5) is 5.13 Å². The SMILES string of the molecule is Cl.Nc1nc(/C(=N\OCCO)C(=O)NC2C(=O)N3C(C(=O)O)=C(CSc4nncs4)CSC23)cs1. The summed E-state index contributed by atoms with van der Waals surface area (Å²) in [6.45, 7) is -0.452. The third kappa shape index (κ3) is 5.87. The molecule has 0 spiro atoms. The van der Waals surface area contributed by atoms with Gasteiger partial charge in [-0.1, -0.05) is 28.3 Å². The second-order valence-electron chi connectivity index (χ2n) is 6.68. The van der Waals surface area contributed by atoms with Gasteiger partial charge < -0.3 is 26.1 Å². The van der Waals surface area contributed by atoms with E-state index in [0.29, 0.717) is 21.4 Å². The van der Waals surface area contributed by atoms with E-state index in [1.165, 1.54) is 45.1 Å². The zero-order valence-electron chi connectivity index (χ0n) is 17.5. The van der Waals surface area contributed by atoms with Crippen molar-refractivity contribution in [2.75, 3.05) is 30.5 Å². The van der Waals surface area contributed by atoms with Crippen LogP contribution in [0.3, 0.4) is 0 Å². The Labute approximate surface area is 220 Å². The summed E-state index contributed by atoms with van der Waals surface area (Å²) in [6, 6.07) is -0.955. The Morgan fingerprint density at radius 3 is 2.83 bits per heavy atom. The van der Waals surface area contributed by atoms with Crippen molar-refractivity contribution in [1.29, 1.82) is 0 Å². The highest BCUT2D eigenvalue weighted by molar-refractivity contribution is 8.01. The van der Waals surface area contributed by atoms with Crippen LogP contribution in [-0.4, -0.2) is 89.9 Å². The Kier molecular flexibility index (Phi) is 9.31. The Bertz CT molecular complexity index is 1160. The standard InChI is InChI=1S/C17H17N7O6S4.ClH/c18-16-20-8(5-32-16)9(23-30-2-1-25)12(26)21-10-13(27)24-11(15(28)29)7(3-31-14(10)24)4-33-17-22-19-6-34-17;/h5-6,10,14,25H,1-4H2,(H2,18,20)(H,21,26)(H,28,29);1H/b23-9+;. The highest BCUT2D eigenvalue weighted by Gasteiger charge is 2.54. The molecule has 0 saturated carbocycles. The summed E-state index contributed by atoms with van der Waals surface area (Å²) in [5.41, 5.74) is 7.67. The fourth-order valence-electron chi connectivity index (χ4n) is 3.13. The number of nitrogens with zero attached hydrogens (tertiary/aromatic N) is 5. The van der Waals surface area contributed by atoms with Crippen LogP contribution >= 0.6 is 58.6 Å². The normalized spacial score (nSPS) is 19.5. The molecule has 18 heteroatoms. The molecule has 13 nitrogen and oxygen atoms in total. The van der Waals surface area contributed by atoms with Gasteiger partial charge in [0.15, 0.2) is 15.2 Å². The number of hydrogen-bond donors (Lipinski definition) is 4. The first-order valence-corrected chi connectivity index (χ1v) is 13.3. The Balaban J connectivity index is 0.00000342. The van der Waals surface area contributed by atoms with Gasteiger partial charge in [0, 0.05) is 16.9 Å². The van der Waals surface area contributed by atoms with Gasteiger partial charge in [-0.25, -0.2) is 9.78 Å². The highest BCUT2D eigenvalue weighted by atomic mass is 35.5. The molecule has 0 aliphatic carbocycles. The van der Waals surface area contributed by atoms with Crippen molar-refractivity contribution in [2.45, 2.75) is 15.8 Å². The third-order valence-electron chi connectivity index (χ3n) is 4.56. The van der Waals surface area contributed by atoms with Gasteiger partial charge in [-0.2, -0.15) is 0 Å². The molecule has 5 N–H and O–H groups in total. The molecule has 188 valence electrons. The molecule has 0 bridgehead atoms. The third-order valence-corrected chi connectivity index (χ3v) is 8.52. The number of carbonyl (C=O) groups excluding carboxylic acids is 2. The maximum atomic E-state index is 12.9. The van der Waals surface area contributed by atoms with E-state index in [9.17, 15) is 19.5 Å². The monoisotopic (exact) mass is 579 g/mol. The minimum atomic E-state index is -1.21. The number of carboxylic acid groups (broad SMARTS) is 1. The number of aliphatic carboxylic acids is 1. The number of nitrogens with two attached hydrogens (primary N) is 1. The van der Waals surface area contributed by atoms with Crippen molar-refractivity contribution in [3.63, 3.8) is 0 Å². The minimum Gasteiger partial charge on any atom is -0.477 e. The maximum Gasteiger partial charge on any atom is 0.352 e.